The number of nitrogens with one attached hydrogen (secondary N) is 1. The molecule has 1 atom stereocenters. The molecule has 0 aliphatic heterocycles. The van der Waals surface area contributed by atoms with E-state index in [1.807, 2.05) is 26.1 Å². The zero-order valence-corrected chi connectivity index (χ0v) is 12.9. The number of aryl methyl sites for hydroxylation is 1. The summed E-state index contributed by atoms with van der Waals surface area (Å²) in [6.45, 7) is 4.52. The van der Waals surface area contributed by atoms with Crippen LogP contribution in [0.1, 0.15) is 30.5 Å². The molecule has 1 unspecified atom stereocenters. The Labute approximate surface area is 116 Å². The lowest BCUT2D eigenvalue weighted by molar-refractivity contribution is 0.311. The lowest BCUT2D eigenvalue weighted by Gasteiger charge is -2.17. The van der Waals surface area contributed by atoms with Crippen molar-refractivity contribution in [3.8, 4) is 5.75 Å². The van der Waals surface area contributed by atoms with Crippen molar-refractivity contribution in [3.05, 3.63) is 29.3 Å². The number of rotatable bonds is 7. The molecule has 0 fully saturated rings. The van der Waals surface area contributed by atoms with Crippen molar-refractivity contribution in [3.63, 3.8) is 0 Å². The van der Waals surface area contributed by atoms with Crippen LogP contribution in [-0.4, -0.2) is 34.1 Å². The number of sulfone groups is 1. The Bertz CT molecular complexity index is 511. The summed E-state index contributed by atoms with van der Waals surface area (Å²) in [5, 5.41) is 3.19. The van der Waals surface area contributed by atoms with Gasteiger partial charge in [-0.2, -0.15) is 0 Å². The normalized spacial score (nSPS) is 13.3. The van der Waals surface area contributed by atoms with Crippen LogP contribution in [0.25, 0.3) is 0 Å². The van der Waals surface area contributed by atoms with E-state index in [2.05, 4.69) is 18.3 Å². The quantitative estimate of drug-likeness (QED) is 0.779. The zero-order chi connectivity index (χ0) is 14.5. The predicted molar refractivity (Wildman–Crippen MR) is 78.5 cm³/mol. The third-order valence-electron chi connectivity index (χ3n) is 2.98. The molecule has 0 saturated carbocycles. The molecule has 108 valence electrons. The minimum absolute atomic E-state index is 0.162. The fourth-order valence-electron chi connectivity index (χ4n) is 1.80. The molecule has 1 aromatic carbocycles. The highest BCUT2D eigenvalue weighted by Crippen LogP contribution is 2.26. The van der Waals surface area contributed by atoms with Gasteiger partial charge in [-0.3, -0.25) is 0 Å². The van der Waals surface area contributed by atoms with Crippen molar-refractivity contribution in [2.75, 3.05) is 25.7 Å². The average molecular weight is 285 g/mol. The Balaban J connectivity index is 2.67. The van der Waals surface area contributed by atoms with Crippen LogP contribution < -0.4 is 10.1 Å². The van der Waals surface area contributed by atoms with Gasteiger partial charge >= 0.3 is 0 Å². The second-order valence-electron chi connectivity index (χ2n) is 4.88. The van der Waals surface area contributed by atoms with Crippen LogP contribution in [0.2, 0.25) is 0 Å². The summed E-state index contributed by atoms with van der Waals surface area (Å²) >= 11 is 0. The van der Waals surface area contributed by atoms with Gasteiger partial charge in [0, 0.05) is 17.9 Å². The van der Waals surface area contributed by atoms with Gasteiger partial charge in [0.1, 0.15) is 15.6 Å². The van der Waals surface area contributed by atoms with E-state index in [0.717, 1.165) is 11.3 Å². The number of hydrogen-bond donors (Lipinski definition) is 1. The molecule has 0 aromatic heterocycles. The van der Waals surface area contributed by atoms with Gasteiger partial charge in [0.05, 0.1) is 12.4 Å². The highest BCUT2D eigenvalue weighted by molar-refractivity contribution is 7.90. The fraction of sp³-hybridized carbons (Fsp3) is 0.571. The standard InChI is InChI=1S/C14H23NO3S/c1-11-6-7-14(13(10-11)12(2)15-3)18-8-5-9-19(4,16)17/h6-7,10,12,15H,5,8-9H2,1-4H3. The molecule has 5 heteroatoms. The van der Waals surface area contributed by atoms with E-state index in [1.165, 1.54) is 11.8 Å². The SMILES string of the molecule is CNC(C)c1cc(C)ccc1OCCCS(C)(=O)=O. The minimum Gasteiger partial charge on any atom is -0.493 e. The molecule has 0 amide bonds. The van der Waals surface area contributed by atoms with Gasteiger partial charge in [0.25, 0.3) is 0 Å². The molecule has 1 rings (SSSR count). The van der Waals surface area contributed by atoms with Gasteiger partial charge in [-0.05, 0) is 33.4 Å². The highest BCUT2D eigenvalue weighted by Gasteiger charge is 2.10. The molecule has 19 heavy (non-hydrogen) atoms. The first-order chi connectivity index (χ1) is 8.83. The molecule has 0 aliphatic carbocycles. The van der Waals surface area contributed by atoms with Gasteiger partial charge in [0.15, 0.2) is 0 Å². The molecule has 0 radical (unpaired) electrons. The van der Waals surface area contributed by atoms with E-state index in [-0.39, 0.29) is 11.8 Å². The number of benzene rings is 1. The van der Waals surface area contributed by atoms with Crippen LogP contribution >= 0.6 is 0 Å². The third-order valence-corrected chi connectivity index (χ3v) is 4.01. The Morgan fingerprint density at radius 3 is 2.63 bits per heavy atom. The van der Waals surface area contributed by atoms with Gasteiger partial charge < -0.3 is 10.1 Å². The Hall–Kier alpha value is -1.07. The smallest absolute Gasteiger partial charge is 0.147 e. The molecule has 1 aromatic rings. The van der Waals surface area contributed by atoms with Crippen molar-refractivity contribution < 1.29 is 13.2 Å². The average Bonchev–Trinajstić information content (AvgIpc) is 2.33. The van der Waals surface area contributed by atoms with Crippen molar-refractivity contribution >= 4 is 9.84 Å². The summed E-state index contributed by atoms with van der Waals surface area (Å²) in [6.07, 6.45) is 1.76. The number of ether oxygens (including phenoxy) is 1. The first-order valence-corrected chi connectivity index (χ1v) is 8.48. The fourth-order valence-corrected chi connectivity index (χ4v) is 2.44. The molecular weight excluding hydrogens is 262 g/mol. The topological polar surface area (TPSA) is 55.4 Å². The largest absolute Gasteiger partial charge is 0.493 e. The van der Waals surface area contributed by atoms with E-state index in [4.69, 9.17) is 4.74 Å². The number of hydrogen-bond acceptors (Lipinski definition) is 4. The van der Waals surface area contributed by atoms with Gasteiger partial charge in [-0.1, -0.05) is 17.7 Å². The van der Waals surface area contributed by atoms with E-state index in [1.54, 1.807) is 0 Å². The highest BCUT2D eigenvalue weighted by atomic mass is 32.2. The predicted octanol–water partition coefficient (Wildman–Crippen LogP) is 2.09. The lowest BCUT2D eigenvalue weighted by atomic mass is 10.0. The summed E-state index contributed by atoms with van der Waals surface area (Å²) < 4.78 is 27.8. The van der Waals surface area contributed by atoms with Crippen molar-refractivity contribution in [2.24, 2.45) is 0 Å². The van der Waals surface area contributed by atoms with Crippen LogP contribution in [0.4, 0.5) is 0 Å². The Morgan fingerprint density at radius 1 is 1.37 bits per heavy atom. The first-order valence-electron chi connectivity index (χ1n) is 6.42. The maximum atomic E-state index is 11.0. The van der Waals surface area contributed by atoms with E-state index in [0.29, 0.717) is 13.0 Å². The first kappa shape index (κ1) is 16.0. The van der Waals surface area contributed by atoms with Crippen molar-refractivity contribution in [2.45, 2.75) is 26.3 Å². The van der Waals surface area contributed by atoms with E-state index < -0.39 is 9.84 Å². The molecule has 0 spiro atoms. The minimum atomic E-state index is -2.91. The summed E-state index contributed by atoms with van der Waals surface area (Å²) in [7, 11) is -1.01. The van der Waals surface area contributed by atoms with Crippen LogP contribution in [0.15, 0.2) is 18.2 Å². The van der Waals surface area contributed by atoms with Crippen LogP contribution in [-0.2, 0) is 9.84 Å². The van der Waals surface area contributed by atoms with Crippen LogP contribution in [0, 0.1) is 6.92 Å². The molecule has 0 aliphatic rings. The molecule has 1 N–H and O–H groups in total. The Morgan fingerprint density at radius 2 is 2.05 bits per heavy atom. The van der Waals surface area contributed by atoms with Crippen LogP contribution in [0.3, 0.4) is 0 Å². The summed E-state index contributed by atoms with van der Waals surface area (Å²) in [6, 6.07) is 6.23. The van der Waals surface area contributed by atoms with Crippen molar-refractivity contribution in [1.82, 2.24) is 5.32 Å². The molecule has 0 heterocycles. The summed E-state index contributed by atoms with van der Waals surface area (Å²) in [4.78, 5) is 0. The van der Waals surface area contributed by atoms with E-state index >= 15 is 0 Å². The van der Waals surface area contributed by atoms with Crippen LogP contribution in [0.5, 0.6) is 5.75 Å². The summed E-state index contributed by atoms with van der Waals surface area (Å²) in [5.41, 5.74) is 2.28. The van der Waals surface area contributed by atoms with Gasteiger partial charge in [0.2, 0.25) is 0 Å². The molecule has 0 bridgehead atoms. The third kappa shape index (κ3) is 5.61. The molecular formula is C14H23NO3S. The zero-order valence-electron chi connectivity index (χ0n) is 12.1. The lowest BCUT2D eigenvalue weighted by Crippen LogP contribution is -2.15. The summed E-state index contributed by atoms with van der Waals surface area (Å²) in [5.74, 6) is 0.983. The second kappa shape index (κ2) is 6.91. The molecule has 0 saturated heterocycles. The maximum absolute atomic E-state index is 11.0. The second-order valence-corrected chi connectivity index (χ2v) is 7.14. The van der Waals surface area contributed by atoms with Crippen molar-refractivity contribution in [1.29, 1.82) is 0 Å². The Kier molecular flexibility index (Phi) is 5.82. The monoisotopic (exact) mass is 285 g/mol. The maximum Gasteiger partial charge on any atom is 0.147 e. The van der Waals surface area contributed by atoms with E-state index in [9.17, 15) is 8.42 Å². The molecule has 4 nitrogen and oxygen atoms in total. The van der Waals surface area contributed by atoms with Gasteiger partial charge in [-0.25, -0.2) is 8.42 Å². The van der Waals surface area contributed by atoms with Gasteiger partial charge in [-0.15, -0.1) is 0 Å².